The smallest absolute Gasteiger partial charge is 0.330 e. The van der Waals surface area contributed by atoms with Gasteiger partial charge in [-0.1, -0.05) is 23.7 Å². The summed E-state index contributed by atoms with van der Waals surface area (Å²) < 4.78 is 4.73. The molecule has 0 radical (unpaired) electrons. The largest absolute Gasteiger partial charge is 0.467 e. The predicted molar refractivity (Wildman–Crippen MR) is 77.8 cm³/mol. The highest BCUT2D eigenvalue weighted by Gasteiger charge is 2.16. The second-order valence-corrected chi connectivity index (χ2v) is 5.07. The highest BCUT2D eigenvalue weighted by Crippen LogP contribution is 2.10. The standard InChI is InChI=1S/C13H16ClNO2S/c1-17-13(16)12(7-8-18-2)15-9-10-3-5-11(14)6-4-10/h3-6,9,12H,7-8H2,1-2H3/b15-9+. The maximum Gasteiger partial charge on any atom is 0.330 e. The van der Waals surface area contributed by atoms with E-state index in [1.54, 1.807) is 30.1 Å². The Morgan fingerprint density at radius 1 is 1.50 bits per heavy atom. The lowest BCUT2D eigenvalue weighted by molar-refractivity contribution is -0.142. The van der Waals surface area contributed by atoms with Gasteiger partial charge in [-0.25, -0.2) is 4.79 Å². The van der Waals surface area contributed by atoms with Gasteiger partial charge in [0, 0.05) is 11.2 Å². The topological polar surface area (TPSA) is 38.7 Å². The van der Waals surface area contributed by atoms with Crippen LogP contribution < -0.4 is 0 Å². The van der Waals surface area contributed by atoms with Crippen molar-refractivity contribution in [2.45, 2.75) is 12.5 Å². The van der Waals surface area contributed by atoms with Crippen LogP contribution in [0.1, 0.15) is 12.0 Å². The molecular formula is C13H16ClNO2S. The van der Waals surface area contributed by atoms with E-state index in [1.165, 1.54) is 7.11 Å². The maximum absolute atomic E-state index is 11.5. The summed E-state index contributed by atoms with van der Waals surface area (Å²) >= 11 is 7.48. The van der Waals surface area contributed by atoms with Crippen molar-refractivity contribution < 1.29 is 9.53 Å². The highest BCUT2D eigenvalue weighted by atomic mass is 35.5. The van der Waals surface area contributed by atoms with Crippen LogP contribution in [-0.2, 0) is 9.53 Å². The summed E-state index contributed by atoms with van der Waals surface area (Å²) in [5, 5.41) is 0.680. The number of methoxy groups -OCH3 is 1. The van der Waals surface area contributed by atoms with Gasteiger partial charge in [-0.3, -0.25) is 4.99 Å². The monoisotopic (exact) mass is 285 g/mol. The van der Waals surface area contributed by atoms with Gasteiger partial charge in [0.1, 0.15) is 6.04 Å². The van der Waals surface area contributed by atoms with Crippen molar-refractivity contribution in [1.82, 2.24) is 0 Å². The number of hydrogen-bond donors (Lipinski definition) is 0. The molecule has 3 nitrogen and oxygen atoms in total. The molecule has 0 aliphatic rings. The minimum absolute atomic E-state index is 0.297. The molecule has 18 heavy (non-hydrogen) atoms. The van der Waals surface area contributed by atoms with Crippen LogP contribution in [-0.4, -0.2) is 37.3 Å². The Morgan fingerprint density at radius 2 is 2.17 bits per heavy atom. The van der Waals surface area contributed by atoms with Gasteiger partial charge in [0.15, 0.2) is 0 Å². The first-order valence-electron chi connectivity index (χ1n) is 5.53. The van der Waals surface area contributed by atoms with Crippen molar-refractivity contribution in [3.8, 4) is 0 Å². The van der Waals surface area contributed by atoms with Crippen molar-refractivity contribution in [3.63, 3.8) is 0 Å². The quantitative estimate of drug-likeness (QED) is 0.596. The van der Waals surface area contributed by atoms with E-state index in [-0.39, 0.29) is 5.97 Å². The summed E-state index contributed by atoms with van der Waals surface area (Å²) in [6.45, 7) is 0. The van der Waals surface area contributed by atoms with Crippen LogP contribution in [0.15, 0.2) is 29.3 Å². The molecule has 0 N–H and O–H groups in total. The van der Waals surface area contributed by atoms with E-state index in [2.05, 4.69) is 4.99 Å². The van der Waals surface area contributed by atoms with Gasteiger partial charge in [0.2, 0.25) is 0 Å². The van der Waals surface area contributed by atoms with Crippen molar-refractivity contribution in [2.75, 3.05) is 19.1 Å². The van der Waals surface area contributed by atoms with Gasteiger partial charge in [0.25, 0.3) is 0 Å². The fraction of sp³-hybridized carbons (Fsp3) is 0.385. The van der Waals surface area contributed by atoms with E-state index in [1.807, 2.05) is 18.4 Å². The average Bonchev–Trinajstić information content (AvgIpc) is 2.40. The maximum atomic E-state index is 11.5. The van der Waals surface area contributed by atoms with Gasteiger partial charge in [-0.2, -0.15) is 11.8 Å². The van der Waals surface area contributed by atoms with E-state index in [9.17, 15) is 4.79 Å². The molecule has 0 spiro atoms. The molecule has 1 unspecified atom stereocenters. The number of halogens is 1. The molecule has 0 aliphatic carbocycles. The number of benzene rings is 1. The highest BCUT2D eigenvalue weighted by molar-refractivity contribution is 7.98. The van der Waals surface area contributed by atoms with Crippen LogP contribution in [0.5, 0.6) is 0 Å². The Bertz CT molecular complexity index is 406. The number of aliphatic imine (C=N–C) groups is 1. The SMILES string of the molecule is COC(=O)C(CCSC)/N=C/c1ccc(Cl)cc1. The van der Waals surface area contributed by atoms with Crippen LogP contribution in [0.4, 0.5) is 0 Å². The minimum atomic E-state index is -0.432. The molecule has 0 heterocycles. The average molecular weight is 286 g/mol. The van der Waals surface area contributed by atoms with E-state index in [4.69, 9.17) is 16.3 Å². The van der Waals surface area contributed by atoms with Gasteiger partial charge in [-0.15, -0.1) is 0 Å². The third kappa shape index (κ3) is 5.10. The lowest BCUT2D eigenvalue weighted by atomic mass is 10.2. The minimum Gasteiger partial charge on any atom is -0.467 e. The number of thioether (sulfide) groups is 1. The molecule has 0 bridgehead atoms. The number of ether oxygens (including phenoxy) is 1. The second kappa shape index (κ2) is 8.16. The summed E-state index contributed by atoms with van der Waals surface area (Å²) in [5.74, 6) is 0.576. The lowest BCUT2D eigenvalue weighted by Gasteiger charge is -2.08. The number of hydrogen-bond acceptors (Lipinski definition) is 4. The molecule has 0 fully saturated rings. The zero-order chi connectivity index (χ0) is 13.4. The first kappa shape index (κ1) is 15.1. The Hall–Kier alpha value is -1.00. The molecule has 1 atom stereocenters. The van der Waals surface area contributed by atoms with Gasteiger partial charge in [-0.05, 0) is 36.1 Å². The molecule has 1 aromatic rings. The molecule has 1 aromatic carbocycles. The van der Waals surface area contributed by atoms with Crippen LogP contribution in [0.25, 0.3) is 0 Å². The van der Waals surface area contributed by atoms with Crippen LogP contribution in [0, 0.1) is 0 Å². The molecule has 0 saturated heterocycles. The number of carbonyl (C=O) groups is 1. The summed E-state index contributed by atoms with van der Waals surface area (Å²) in [5.41, 5.74) is 0.914. The number of rotatable bonds is 6. The third-order valence-electron chi connectivity index (χ3n) is 2.34. The predicted octanol–water partition coefficient (Wildman–Crippen LogP) is 3.05. The number of nitrogens with zero attached hydrogens (tertiary/aromatic N) is 1. The Balaban J connectivity index is 2.69. The Kier molecular flexibility index (Phi) is 6.83. The first-order valence-corrected chi connectivity index (χ1v) is 7.30. The first-order chi connectivity index (χ1) is 8.67. The van der Waals surface area contributed by atoms with Crippen molar-refractivity contribution in [1.29, 1.82) is 0 Å². The van der Waals surface area contributed by atoms with Gasteiger partial charge < -0.3 is 4.74 Å². The Morgan fingerprint density at radius 3 is 2.72 bits per heavy atom. The summed E-state index contributed by atoms with van der Waals surface area (Å²) in [4.78, 5) is 15.8. The molecule has 0 aromatic heterocycles. The van der Waals surface area contributed by atoms with Gasteiger partial charge in [0.05, 0.1) is 7.11 Å². The molecule has 0 saturated carbocycles. The summed E-state index contributed by atoms with van der Waals surface area (Å²) in [7, 11) is 1.38. The molecule has 5 heteroatoms. The van der Waals surface area contributed by atoms with Crippen LogP contribution in [0.3, 0.4) is 0 Å². The van der Waals surface area contributed by atoms with Crippen LogP contribution >= 0.6 is 23.4 Å². The summed E-state index contributed by atoms with van der Waals surface area (Å²) in [6, 6.07) is 6.86. The second-order valence-electron chi connectivity index (χ2n) is 3.65. The van der Waals surface area contributed by atoms with E-state index >= 15 is 0 Å². The third-order valence-corrected chi connectivity index (χ3v) is 3.24. The molecular weight excluding hydrogens is 270 g/mol. The van der Waals surface area contributed by atoms with E-state index in [0.717, 1.165) is 11.3 Å². The van der Waals surface area contributed by atoms with Crippen molar-refractivity contribution in [2.24, 2.45) is 4.99 Å². The van der Waals surface area contributed by atoms with Crippen LogP contribution in [0.2, 0.25) is 5.02 Å². The van der Waals surface area contributed by atoms with Gasteiger partial charge >= 0.3 is 5.97 Å². The summed E-state index contributed by atoms with van der Waals surface area (Å²) in [6.07, 6.45) is 4.35. The Labute approximate surface area is 117 Å². The number of carbonyl (C=O) groups excluding carboxylic acids is 1. The normalized spacial score (nSPS) is 12.6. The molecule has 98 valence electrons. The van der Waals surface area contributed by atoms with Crippen molar-refractivity contribution >= 4 is 35.5 Å². The fourth-order valence-corrected chi connectivity index (χ4v) is 1.93. The molecule has 0 amide bonds. The van der Waals surface area contributed by atoms with Crippen molar-refractivity contribution in [3.05, 3.63) is 34.9 Å². The molecule has 0 aliphatic heterocycles. The zero-order valence-corrected chi connectivity index (χ0v) is 12.0. The lowest BCUT2D eigenvalue weighted by Crippen LogP contribution is -2.21. The number of esters is 1. The molecule has 1 rings (SSSR count). The zero-order valence-electron chi connectivity index (χ0n) is 10.4. The van der Waals surface area contributed by atoms with E-state index < -0.39 is 6.04 Å². The van der Waals surface area contributed by atoms with E-state index in [0.29, 0.717) is 11.4 Å². The fourth-order valence-electron chi connectivity index (χ4n) is 1.34.